The lowest BCUT2D eigenvalue weighted by atomic mass is 10.1. The van der Waals surface area contributed by atoms with Crippen molar-refractivity contribution in [2.75, 3.05) is 25.7 Å². The second-order valence-corrected chi connectivity index (χ2v) is 5.72. The van der Waals surface area contributed by atoms with Crippen molar-refractivity contribution in [1.82, 2.24) is 9.88 Å². The van der Waals surface area contributed by atoms with E-state index in [9.17, 15) is 0 Å². The maximum Gasteiger partial charge on any atom is 0.140 e. The summed E-state index contributed by atoms with van der Waals surface area (Å²) in [5.74, 6) is 6.84. The van der Waals surface area contributed by atoms with E-state index in [1.54, 1.807) is 13.2 Å². The first-order valence-corrected chi connectivity index (χ1v) is 7.38. The van der Waals surface area contributed by atoms with Gasteiger partial charge in [-0.15, -0.1) is 0 Å². The van der Waals surface area contributed by atoms with Gasteiger partial charge in [0.05, 0.1) is 17.3 Å². The van der Waals surface area contributed by atoms with Gasteiger partial charge in [-0.1, -0.05) is 11.6 Å². The lowest BCUT2D eigenvalue weighted by Gasteiger charge is -2.29. The number of nitrogens with one attached hydrogen (secondary N) is 1. The highest BCUT2D eigenvalue weighted by Crippen LogP contribution is 2.35. The number of hydrogen-bond donors (Lipinski definition) is 2. The third-order valence-corrected chi connectivity index (χ3v) is 4.23. The molecule has 0 aromatic carbocycles. The summed E-state index contributed by atoms with van der Waals surface area (Å²) >= 11 is 6.24. The van der Waals surface area contributed by atoms with Crippen molar-refractivity contribution in [1.29, 1.82) is 0 Å². The number of nitrogens with zero attached hydrogens (tertiary/aromatic N) is 2. The number of aromatic nitrogens is 1. The third-order valence-electron chi connectivity index (χ3n) is 3.88. The SMILES string of the molecule is COCCN(Cc1nc(NN)ccc1Cl)C(C)C1CC1. The Kier molecular flexibility index (Phi) is 5.60. The van der Waals surface area contributed by atoms with Gasteiger partial charge in [-0.3, -0.25) is 4.90 Å². The lowest BCUT2D eigenvalue weighted by Crippen LogP contribution is -2.37. The van der Waals surface area contributed by atoms with Crippen molar-refractivity contribution in [2.45, 2.75) is 32.4 Å². The molecule has 1 fully saturated rings. The highest BCUT2D eigenvalue weighted by Gasteiger charge is 2.32. The number of hydrazine groups is 1. The van der Waals surface area contributed by atoms with Crippen LogP contribution in [0.15, 0.2) is 12.1 Å². The zero-order valence-corrected chi connectivity index (χ0v) is 12.9. The summed E-state index contributed by atoms with van der Waals surface area (Å²) in [6.07, 6.45) is 2.63. The first-order chi connectivity index (χ1) is 9.65. The number of ether oxygens (including phenoxy) is 1. The number of methoxy groups -OCH3 is 1. The van der Waals surface area contributed by atoms with Crippen LogP contribution >= 0.6 is 11.6 Å². The van der Waals surface area contributed by atoms with E-state index in [1.165, 1.54) is 12.8 Å². The smallest absolute Gasteiger partial charge is 0.140 e. The minimum atomic E-state index is 0.525. The number of nitrogens with two attached hydrogens (primary N) is 1. The zero-order valence-electron chi connectivity index (χ0n) is 12.1. The fraction of sp³-hybridized carbons (Fsp3) is 0.643. The monoisotopic (exact) mass is 298 g/mol. The van der Waals surface area contributed by atoms with Gasteiger partial charge in [0.25, 0.3) is 0 Å². The molecule has 112 valence electrons. The van der Waals surface area contributed by atoms with Crippen molar-refractivity contribution in [3.8, 4) is 0 Å². The van der Waals surface area contributed by atoms with E-state index < -0.39 is 0 Å². The van der Waals surface area contributed by atoms with Gasteiger partial charge in [-0.05, 0) is 37.8 Å². The van der Waals surface area contributed by atoms with Crippen LogP contribution in [0.4, 0.5) is 5.82 Å². The molecule has 2 rings (SSSR count). The van der Waals surface area contributed by atoms with Crippen LogP contribution in [0.1, 0.15) is 25.5 Å². The largest absolute Gasteiger partial charge is 0.383 e. The number of rotatable bonds is 8. The van der Waals surface area contributed by atoms with E-state index in [4.69, 9.17) is 22.2 Å². The van der Waals surface area contributed by atoms with Crippen molar-refractivity contribution >= 4 is 17.4 Å². The molecule has 0 amide bonds. The fourth-order valence-corrected chi connectivity index (χ4v) is 2.55. The van der Waals surface area contributed by atoms with Crippen LogP contribution in [0.5, 0.6) is 0 Å². The van der Waals surface area contributed by atoms with Crippen LogP contribution in [-0.4, -0.2) is 36.2 Å². The molecule has 1 aromatic rings. The zero-order chi connectivity index (χ0) is 14.5. The number of halogens is 1. The first-order valence-electron chi connectivity index (χ1n) is 7.00. The van der Waals surface area contributed by atoms with E-state index in [0.717, 1.165) is 24.7 Å². The normalized spacial score (nSPS) is 16.4. The number of anilines is 1. The molecule has 20 heavy (non-hydrogen) atoms. The van der Waals surface area contributed by atoms with Crippen LogP contribution in [-0.2, 0) is 11.3 Å². The van der Waals surface area contributed by atoms with Crippen molar-refractivity contribution < 1.29 is 4.74 Å². The molecule has 6 heteroatoms. The summed E-state index contributed by atoms with van der Waals surface area (Å²) in [5, 5.41) is 0.675. The summed E-state index contributed by atoms with van der Waals surface area (Å²) < 4.78 is 5.21. The Hall–Kier alpha value is -0.880. The molecule has 1 aromatic heterocycles. The van der Waals surface area contributed by atoms with E-state index in [0.29, 0.717) is 23.5 Å². The highest BCUT2D eigenvalue weighted by atomic mass is 35.5. The molecule has 3 N–H and O–H groups in total. The Bertz CT molecular complexity index is 439. The van der Waals surface area contributed by atoms with Gasteiger partial charge in [-0.2, -0.15) is 0 Å². The van der Waals surface area contributed by atoms with Gasteiger partial charge in [0, 0.05) is 26.2 Å². The van der Waals surface area contributed by atoms with E-state index in [2.05, 4.69) is 22.2 Å². The second kappa shape index (κ2) is 7.22. The predicted octanol–water partition coefficient (Wildman–Crippen LogP) is 2.27. The molecule has 0 aliphatic heterocycles. The molecule has 1 aliphatic rings. The lowest BCUT2D eigenvalue weighted by molar-refractivity contribution is 0.111. The second-order valence-electron chi connectivity index (χ2n) is 5.31. The summed E-state index contributed by atoms with van der Waals surface area (Å²) in [6, 6.07) is 4.13. The van der Waals surface area contributed by atoms with Gasteiger partial charge >= 0.3 is 0 Å². The van der Waals surface area contributed by atoms with Crippen molar-refractivity contribution in [2.24, 2.45) is 11.8 Å². The standard InChI is InChI=1S/C14H23ClN4O/c1-10(11-3-4-11)19(7-8-20-2)9-13-12(15)5-6-14(17-13)18-16/h5-6,10-11H,3-4,7-9,16H2,1-2H3,(H,17,18). The molecular weight excluding hydrogens is 276 g/mol. The number of nitrogen functional groups attached to an aromatic ring is 1. The molecule has 5 nitrogen and oxygen atoms in total. The molecule has 1 aliphatic carbocycles. The molecule has 0 saturated heterocycles. The molecule has 0 spiro atoms. The highest BCUT2D eigenvalue weighted by molar-refractivity contribution is 6.31. The van der Waals surface area contributed by atoms with Crippen LogP contribution in [0.3, 0.4) is 0 Å². The van der Waals surface area contributed by atoms with Gasteiger partial charge < -0.3 is 10.2 Å². The average molecular weight is 299 g/mol. The Morgan fingerprint density at radius 3 is 2.90 bits per heavy atom. The van der Waals surface area contributed by atoms with E-state index >= 15 is 0 Å². The number of hydrogen-bond acceptors (Lipinski definition) is 5. The average Bonchev–Trinajstić information content (AvgIpc) is 3.29. The molecule has 0 radical (unpaired) electrons. The minimum absolute atomic E-state index is 0.525. The van der Waals surface area contributed by atoms with E-state index in [1.807, 2.05) is 6.07 Å². The molecule has 0 bridgehead atoms. The van der Waals surface area contributed by atoms with Crippen molar-refractivity contribution in [3.63, 3.8) is 0 Å². The molecule has 1 saturated carbocycles. The quantitative estimate of drug-likeness (QED) is 0.569. The Balaban J connectivity index is 2.09. The Labute approximate surface area is 125 Å². The maximum atomic E-state index is 6.24. The molecule has 1 atom stereocenters. The summed E-state index contributed by atoms with van der Waals surface area (Å²) in [7, 11) is 1.73. The molecular formula is C14H23ClN4O. The molecule has 1 unspecified atom stereocenters. The third kappa shape index (κ3) is 4.06. The van der Waals surface area contributed by atoms with Gasteiger partial charge in [0.15, 0.2) is 0 Å². The van der Waals surface area contributed by atoms with Gasteiger partial charge in [-0.25, -0.2) is 10.8 Å². The van der Waals surface area contributed by atoms with Gasteiger partial charge in [0.2, 0.25) is 0 Å². The van der Waals surface area contributed by atoms with Crippen LogP contribution in [0.2, 0.25) is 5.02 Å². The van der Waals surface area contributed by atoms with Crippen LogP contribution in [0, 0.1) is 5.92 Å². The van der Waals surface area contributed by atoms with Crippen LogP contribution in [0.25, 0.3) is 0 Å². The Morgan fingerprint density at radius 2 is 2.30 bits per heavy atom. The van der Waals surface area contributed by atoms with Crippen molar-refractivity contribution in [3.05, 3.63) is 22.8 Å². The molecule has 1 heterocycles. The van der Waals surface area contributed by atoms with Crippen LogP contribution < -0.4 is 11.3 Å². The topological polar surface area (TPSA) is 63.4 Å². The number of pyridine rings is 1. The summed E-state index contributed by atoms with van der Waals surface area (Å²) in [4.78, 5) is 6.83. The maximum absolute atomic E-state index is 6.24. The van der Waals surface area contributed by atoms with E-state index in [-0.39, 0.29) is 0 Å². The van der Waals surface area contributed by atoms with Gasteiger partial charge in [0.1, 0.15) is 5.82 Å². The predicted molar refractivity (Wildman–Crippen MR) is 81.5 cm³/mol. The summed E-state index contributed by atoms with van der Waals surface area (Å²) in [6.45, 7) is 4.58. The fourth-order valence-electron chi connectivity index (χ4n) is 2.38. The Morgan fingerprint density at radius 1 is 1.55 bits per heavy atom. The summed E-state index contributed by atoms with van der Waals surface area (Å²) in [5.41, 5.74) is 3.41. The first kappa shape index (κ1) is 15.5. The minimum Gasteiger partial charge on any atom is -0.383 e.